The van der Waals surface area contributed by atoms with E-state index in [-0.39, 0.29) is 6.42 Å². The first kappa shape index (κ1) is 16.5. The van der Waals surface area contributed by atoms with Gasteiger partial charge in [0.2, 0.25) is 0 Å². The maximum absolute atomic E-state index is 11.2. The monoisotopic (exact) mass is 303 g/mol. The number of aromatic nitrogens is 2. The van der Waals surface area contributed by atoms with Gasteiger partial charge in [0.15, 0.2) is 0 Å². The summed E-state index contributed by atoms with van der Waals surface area (Å²) >= 11 is 0. The summed E-state index contributed by atoms with van der Waals surface area (Å²) in [5.41, 5.74) is 3.61. The van der Waals surface area contributed by atoms with Gasteiger partial charge in [0.25, 0.3) is 0 Å². The summed E-state index contributed by atoms with van der Waals surface area (Å²) in [6.07, 6.45) is 4.13. The molecule has 0 saturated heterocycles. The van der Waals surface area contributed by atoms with Gasteiger partial charge in [0, 0.05) is 12.7 Å². The highest BCUT2D eigenvalue weighted by Gasteiger charge is 2.18. The van der Waals surface area contributed by atoms with Crippen molar-refractivity contribution in [3.63, 3.8) is 0 Å². The van der Waals surface area contributed by atoms with E-state index in [1.54, 1.807) is 0 Å². The summed E-state index contributed by atoms with van der Waals surface area (Å²) in [4.78, 5) is 18.1. The molecule has 0 fully saturated rings. The van der Waals surface area contributed by atoms with E-state index in [2.05, 4.69) is 23.7 Å². The Morgan fingerprint density at radius 1 is 1.32 bits per heavy atom. The van der Waals surface area contributed by atoms with Crippen LogP contribution >= 0.6 is 0 Å². The third-order valence-electron chi connectivity index (χ3n) is 3.80. The molecule has 5 nitrogen and oxygen atoms in total. The molecular formula is C17H25N3O2. The van der Waals surface area contributed by atoms with Crippen LogP contribution in [0.1, 0.15) is 43.6 Å². The fraction of sp³-hybridized carbons (Fsp3) is 0.529. The van der Waals surface area contributed by atoms with Crippen LogP contribution < -0.4 is 0 Å². The topological polar surface area (TPSA) is 57.8 Å². The van der Waals surface area contributed by atoms with Gasteiger partial charge >= 0.3 is 5.97 Å². The number of hydrogen-bond acceptors (Lipinski definition) is 3. The Hall–Kier alpha value is -1.88. The van der Waals surface area contributed by atoms with Gasteiger partial charge in [-0.1, -0.05) is 19.9 Å². The van der Waals surface area contributed by atoms with E-state index in [0.29, 0.717) is 5.69 Å². The average molecular weight is 303 g/mol. The van der Waals surface area contributed by atoms with Crippen LogP contribution in [-0.2, 0) is 17.8 Å². The van der Waals surface area contributed by atoms with Gasteiger partial charge in [-0.15, -0.1) is 0 Å². The third-order valence-corrected chi connectivity index (χ3v) is 3.80. The normalized spacial score (nSPS) is 11.5. The van der Waals surface area contributed by atoms with Gasteiger partial charge in [-0.3, -0.25) is 9.69 Å². The number of aliphatic carboxylic acids is 1. The molecule has 2 rings (SSSR count). The van der Waals surface area contributed by atoms with Crippen LogP contribution in [0.4, 0.5) is 0 Å². The molecule has 0 radical (unpaired) electrons. The van der Waals surface area contributed by atoms with E-state index >= 15 is 0 Å². The van der Waals surface area contributed by atoms with Gasteiger partial charge in [-0.2, -0.15) is 0 Å². The molecule has 0 bridgehead atoms. The second kappa shape index (κ2) is 7.40. The van der Waals surface area contributed by atoms with E-state index in [1.165, 1.54) is 0 Å². The molecule has 0 saturated carbocycles. The van der Waals surface area contributed by atoms with Crippen molar-refractivity contribution in [1.29, 1.82) is 0 Å². The van der Waals surface area contributed by atoms with E-state index < -0.39 is 5.97 Å². The van der Waals surface area contributed by atoms with Crippen molar-refractivity contribution in [2.45, 2.75) is 46.6 Å². The molecule has 2 heterocycles. The van der Waals surface area contributed by atoms with E-state index in [4.69, 9.17) is 5.11 Å². The zero-order chi connectivity index (χ0) is 16.1. The molecule has 5 heteroatoms. The molecule has 0 amide bonds. The Morgan fingerprint density at radius 2 is 2.00 bits per heavy atom. The summed E-state index contributed by atoms with van der Waals surface area (Å²) in [5, 5.41) is 9.16. The quantitative estimate of drug-likeness (QED) is 0.814. The molecule has 2 aromatic rings. The summed E-state index contributed by atoms with van der Waals surface area (Å²) < 4.78 is 2.05. The number of carboxylic acids is 1. The molecule has 0 aliphatic rings. The number of imidazole rings is 1. The van der Waals surface area contributed by atoms with E-state index in [9.17, 15) is 4.79 Å². The Bertz CT molecular complexity index is 643. The third kappa shape index (κ3) is 3.65. The number of pyridine rings is 1. The molecule has 2 aromatic heterocycles. The molecule has 120 valence electrons. The van der Waals surface area contributed by atoms with Crippen molar-refractivity contribution in [1.82, 2.24) is 14.3 Å². The molecular weight excluding hydrogens is 278 g/mol. The van der Waals surface area contributed by atoms with Crippen LogP contribution in [0.25, 0.3) is 5.65 Å². The maximum atomic E-state index is 11.2. The zero-order valence-corrected chi connectivity index (χ0v) is 13.7. The van der Waals surface area contributed by atoms with E-state index in [1.807, 2.05) is 29.7 Å². The molecule has 0 aliphatic heterocycles. The lowest BCUT2D eigenvalue weighted by molar-refractivity contribution is -0.136. The first-order valence-electron chi connectivity index (χ1n) is 7.96. The lowest BCUT2D eigenvalue weighted by Gasteiger charge is -2.21. The number of fused-ring (bicyclic) bond motifs is 1. The minimum atomic E-state index is -0.833. The highest BCUT2D eigenvalue weighted by molar-refractivity contribution is 5.70. The zero-order valence-electron chi connectivity index (χ0n) is 13.7. The minimum absolute atomic E-state index is 0.0253. The number of carbonyl (C=O) groups is 1. The first-order valence-corrected chi connectivity index (χ1v) is 7.96. The van der Waals surface area contributed by atoms with Crippen LogP contribution in [0.5, 0.6) is 0 Å². The number of rotatable bonds is 8. The van der Waals surface area contributed by atoms with Crippen molar-refractivity contribution in [3.05, 3.63) is 35.3 Å². The maximum Gasteiger partial charge on any atom is 0.309 e. The number of hydrogen-bond donors (Lipinski definition) is 1. The minimum Gasteiger partial charge on any atom is -0.481 e. The van der Waals surface area contributed by atoms with Gasteiger partial charge < -0.3 is 9.51 Å². The number of nitrogens with zero attached hydrogens (tertiary/aromatic N) is 3. The fourth-order valence-electron chi connectivity index (χ4n) is 2.87. The van der Waals surface area contributed by atoms with Crippen LogP contribution in [0.3, 0.4) is 0 Å². The van der Waals surface area contributed by atoms with Gasteiger partial charge in [-0.25, -0.2) is 4.98 Å². The van der Waals surface area contributed by atoms with Crippen molar-refractivity contribution in [2.24, 2.45) is 0 Å². The fourth-order valence-corrected chi connectivity index (χ4v) is 2.87. The lowest BCUT2D eigenvalue weighted by atomic mass is 10.2. The standard InChI is InChI=1S/C17H25N3O2/c1-4-8-19(9-5-2)12-15-14(11-16(21)22)18-17-13(3)7-6-10-20(15)17/h6-7,10H,4-5,8-9,11-12H2,1-3H3,(H,21,22). The Labute approximate surface area is 131 Å². The van der Waals surface area contributed by atoms with Crippen LogP contribution in [-0.4, -0.2) is 38.4 Å². The lowest BCUT2D eigenvalue weighted by Crippen LogP contribution is -2.26. The predicted octanol–water partition coefficient (Wildman–Crippen LogP) is 2.89. The van der Waals surface area contributed by atoms with E-state index in [0.717, 1.165) is 49.4 Å². The molecule has 22 heavy (non-hydrogen) atoms. The Morgan fingerprint density at radius 3 is 2.59 bits per heavy atom. The largest absolute Gasteiger partial charge is 0.481 e. The molecule has 0 aromatic carbocycles. The highest BCUT2D eigenvalue weighted by Crippen LogP contribution is 2.18. The second-order valence-corrected chi connectivity index (χ2v) is 5.74. The van der Waals surface area contributed by atoms with Crippen LogP contribution in [0, 0.1) is 6.92 Å². The SMILES string of the molecule is CCCN(CCC)Cc1c(CC(=O)O)nc2c(C)cccn12. The van der Waals surface area contributed by atoms with Crippen LogP contribution in [0.2, 0.25) is 0 Å². The van der Waals surface area contributed by atoms with Crippen molar-refractivity contribution in [3.8, 4) is 0 Å². The van der Waals surface area contributed by atoms with Crippen molar-refractivity contribution >= 4 is 11.6 Å². The molecule has 0 spiro atoms. The summed E-state index contributed by atoms with van der Waals surface area (Å²) in [5.74, 6) is -0.833. The highest BCUT2D eigenvalue weighted by atomic mass is 16.4. The van der Waals surface area contributed by atoms with Crippen molar-refractivity contribution in [2.75, 3.05) is 13.1 Å². The summed E-state index contributed by atoms with van der Waals surface area (Å²) in [7, 11) is 0. The van der Waals surface area contributed by atoms with Gasteiger partial charge in [-0.05, 0) is 44.5 Å². The summed E-state index contributed by atoms with van der Waals surface area (Å²) in [6.45, 7) is 9.11. The van der Waals surface area contributed by atoms with Gasteiger partial charge in [0.1, 0.15) is 5.65 Å². The molecule has 0 unspecified atom stereocenters. The number of carboxylic acid groups (broad SMARTS) is 1. The number of aryl methyl sites for hydroxylation is 1. The first-order chi connectivity index (χ1) is 10.6. The van der Waals surface area contributed by atoms with Crippen LogP contribution in [0.15, 0.2) is 18.3 Å². The Balaban J connectivity index is 2.43. The predicted molar refractivity (Wildman–Crippen MR) is 87.1 cm³/mol. The molecule has 1 N–H and O–H groups in total. The molecule has 0 aliphatic carbocycles. The average Bonchev–Trinajstić information content (AvgIpc) is 2.78. The second-order valence-electron chi connectivity index (χ2n) is 5.74. The smallest absolute Gasteiger partial charge is 0.309 e. The Kier molecular flexibility index (Phi) is 5.55. The van der Waals surface area contributed by atoms with Gasteiger partial charge in [0.05, 0.1) is 17.8 Å². The summed E-state index contributed by atoms with van der Waals surface area (Å²) in [6, 6.07) is 3.99. The van der Waals surface area contributed by atoms with Crippen molar-refractivity contribution < 1.29 is 9.90 Å². The molecule has 0 atom stereocenters.